The van der Waals surface area contributed by atoms with Gasteiger partial charge in [0.2, 0.25) is 0 Å². The maximum Gasteiger partial charge on any atom is 0.343 e. The first-order chi connectivity index (χ1) is 15.7. The van der Waals surface area contributed by atoms with Crippen molar-refractivity contribution in [3.63, 3.8) is 0 Å². The summed E-state index contributed by atoms with van der Waals surface area (Å²) in [4.78, 5) is 57.2. The van der Waals surface area contributed by atoms with Crippen LogP contribution >= 0.6 is 0 Å². The van der Waals surface area contributed by atoms with Gasteiger partial charge in [-0.15, -0.1) is 0 Å². The number of hydrogen-bond acceptors (Lipinski definition) is 6. The van der Waals surface area contributed by atoms with Crippen molar-refractivity contribution in [3.05, 3.63) is 65.5 Å². The molecule has 2 aromatic rings. The van der Waals surface area contributed by atoms with E-state index in [4.69, 9.17) is 9.84 Å². The summed E-state index contributed by atoms with van der Waals surface area (Å²) >= 11 is 0. The van der Waals surface area contributed by atoms with Crippen molar-refractivity contribution >= 4 is 30.2 Å². The summed E-state index contributed by atoms with van der Waals surface area (Å²) in [7, 11) is 0. The van der Waals surface area contributed by atoms with Gasteiger partial charge < -0.3 is 30.4 Å². The molecule has 0 saturated carbocycles. The number of amides is 2. The average molecular weight is 460 g/mol. The van der Waals surface area contributed by atoms with Gasteiger partial charge in [-0.2, -0.15) is 0 Å². The van der Waals surface area contributed by atoms with Crippen molar-refractivity contribution in [1.29, 1.82) is 0 Å². The van der Waals surface area contributed by atoms with Gasteiger partial charge in [0.25, 0.3) is 0 Å². The SMILES string of the molecule is O=C[C@H](CCC(=O)O)NC(=O)N[C@@H](Cc1ccc(OC(=O)c2ccc(F)cc2)cc1)C(=O)O. The first-order valence-electron chi connectivity index (χ1n) is 9.71. The molecule has 0 radical (unpaired) electrons. The lowest BCUT2D eigenvalue weighted by molar-refractivity contribution is -0.139. The lowest BCUT2D eigenvalue weighted by Crippen LogP contribution is -2.50. The van der Waals surface area contributed by atoms with Crippen molar-refractivity contribution in [2.45, 2.75) is 31.3 Å². The van der Waals surface area contributed by atoms with Crippen LogP contribution in [0.1, 0.15) is 28.8 Å². The van der Waals surface area contributed by atoms with E-state index in [1.54, 1.807) is 0 Å². The molecule has 0 aliphatic rings. The Morgan fingerprint density at radius 2 is 1.61 bits per heavy atom. The minimum atomic E-state index is -1.34. The topological polar surface area (TPSA) is 159 Å². The lowest BCUT2D eigenvalue weighted by Gasteiger charge is -2.17. The summed E-state index contributed by atoms with van der Waals surface area (Å²) in [6.07, 6.45) is -0.230. The van der Waals surface area contributed by atoms with E-state index in [0.29, 0.717) is 11.8 Å². The van der Waals surface area contributed by atoms with Gasteiger partial charge in [-0.25, -0.2) is 18.8 Å². The Labute approximate surface area is 187 Å². The molecule has 0 aliphatic carbocycles. The maximum absolute atomic E-state index is 12.9. The number of hydrogen-bond donors (Lipinski definition) is 4. The predicted molar refractivity (Wildman–Crippen MR) is 111 cm³/mol. The smallest absolute Gasteiger partial charge is 0.343 e. The number of halogens is 1. The maximum atomic E-state index is 12.9. The quantitative estimate of drug-likeness (QED) is 0.224. The molecule has 33 heavy (non-hydrogen) atoms. The molecule has 4 N–H and O–H groups in total. The number of carbonyl (C=O) groups excluding carboxylic acids is 3. The highest BCUT2D eigenvalue weighted by Crippen LogP contribution is 2.16. The van der Waals surface area contributed by atoms with E-state index in [2.05, 4.69) is 10.6 Å². The molecule has 2 rings (SSSR count). The van der Waals surface area contributed by atoms with Crippen LogP contribution in [0.25, 0.3) is 0 Å². The zero-order chi connectivity index (χ0) is 24.4. The third kappa shape index (κ3) is 8.40. The van der Waals surface area contributed by atoms with E-state index in [9.17, 15) is 33.5 Å². The Balaban J connectivity index is 1.94. The van der Waals surface area contributed by atoms with Gasteiger partial charge in [-0.1, -0.05) is 12.1 Å². The molecular weight excluding hydrogens is 439 g/mol. The van der Waals surface area contributed by atoms with E-state index in [1.165, 1.54) is 36.4 Å². The van der Waals surface area contributed by atoms with Crippen LogP contribution in [0, 0.1) is 5.82 Å². The Hall–Kier alpha value is -4.28. The average Bonchev–Trinajstić information content (AvgIpc) is 2.77. The second-order valence-corrected chi connectivity index (χ2v) is 6.93. The van der Waals surface area contributed by atoms with Crippen LogP contribution in [0.2, 0.25) is 0 Å². The molecular formula is C22H21FN2O8. The van der Waals surface area contributed by atoms with Crippen LogP contribution in [0.5, 0.6) is 5.75 Å². The predicted octanol–water partition coefficient (Wildman–Crippen LogP) is 1.77. The molecule has 0 unspecified atom stereocenters. The molecule has 0 fully saturated rings. The molecule has 0 bridgehead atoms. The van der Waals surface area contributed by atoms with Crippen LogP contribution in [-0.4, -0.2) is 52.5 Å². The molecule has 0 heterocycles. The highest BCUT2D eigenvalue weighted by Gasteiger charge is 2.22. The Kier molecular flexibility index (Phi) is 9.04. The number of urea groups is 1. The summed E-state index contributed by atoms with van der Waals surface area (Å²) in [5.74, 6) is -3.48. The third-order valence-corrected chi connectivity index (χ3v) is 4.41. The van der Waals surface area contributed by atoms with Crippen molar-refractivity contribution in [2.75, 3.05) is 0 Å². The van der Waals surface area contributed by atoms with Gasteiger partial charge >= 0.3 is 23.9 Å². The first-order valence-corrected chi connectivity index (χ1v) is 9.71. The molecule has 0 spiro atoms. The van der Waals surface area contributed by atoms with E-state index in [-0.39, 0.29) is 30.6 Å². The van der Waals surface area contributed by atoms with Gasteiger partial charge in [0, 0.05) is 12.8 Å². The van der Waals surface area contributed by atoms with Crippen LogP contribution in [-0.2, 0) is 20.8 Å². The minimum Gasteiger partial charge on any atom is -0.481 e. The molecule has 2 atom stereocenters. The molecule has 174 valence electrons. The van der Waals surface area contributed by atoms with Crippen molar-refractivity contribution in [1.82, 2.24) is 10.6 Å². The van der Waals surface area contributed by atoms with Crippen LogP contribution in [0.4, 0.5) is 9.18 Å². The van der Waals surface area contributed by atoms with Crippen molar-refractivity contribution < 1.29 is 43.3 Å². The number of nitrogens with one attached hydrogen (secondary N) is 2. The summed E-state index contributed by atoms with van der Waals surface area (Å²) in [6.45, 7) is 0. The number of esters is 1. The normalized spacial score (nSPS) is 12.2. The number of ether oxygens (including phenoxy) is 1. The van der Waals surface area contributed by atoms with Gasteiger partial charge in [0.05, 0.1) is 11.6 Å². The lowest BCUT2D eigenvalue weighted by atomic mass is 10.1. The van der Waals surface area contributed by atoms with Gasteiger partial charge in [0.15, 0.2) is 0 Å². The van der Waals surface area contributed by atoms with Crippen molar-refractivity contribution in [2.24, 2.45) is 0 Å². The molecule has 10 nitrogen and oxygen atoms in total. The standard InChI is InChI=1S/C22H21FN2O8/c23-15-5-3-14(4-6-15)21(31)33-17-8-1-13(2-9-17)11-18(20(29)30)25-22(32)24-16(12-26)7-10-19(27)28/h1-6,8-9,12,16,18H,7,10-11H2,(H,27,28)(H,29,30)(H2,24,25,32)/t16-,18-/m0/s1. The van der Waals surface area contributed by atoms with Crippen LogP contribution in [0.3, 0.4) is 0 Å². The van der Waals surface area contributed by atoms with Gasteiger partial charge in [0.1, 0.15) is 23.9 Å². The monoisotopic (exact) mass is 460 g/mol. The highest BCUT2D eigenvalue weighted by atomic mass is 19.1. The fourth-order valence-corrected chi connectivity index (χ4v) is 2.70. The number of rotatable bonds is 11. The highest BCUT2D eigenvalue weighted by molar-refractivity contribution is 5.91. The van der Waals surface area contributed by atoms with Gasteiger partial charge in [-0.3, -0.25) is 4.79 Å². The summed E-state index contributed by atoms with van der Waals surface area (Å²) in [5.41, 5.74) is 0.653. The zero-order valence-electron chi connectivity index (χ0n) is 17.2. The van der Waals surface area contributed by atoms with Gasteiger partial charge in [-0.05, 0) is 48.4 Å². The van der Waals surface area contributed by atoms with E-state index >= 15 is 0 Å². The number of benzene rings is 2. The van der Waals surface area contributed by atoms with E-state index < -0.39 is 41.8 Å². The van der Waals surface area contributed by atoms with E-state index in [0.717, 1.165) is 12.1 Å². The van der Waals surface area contributed by atoms with Crippen LogP contribution < -0.4 is 15.4 Å². The molecule has 0 saturated heterocycles. The number of carboxylic acids is 2. The van der Waals surface area contributed by atoms with Crippen LogP contribution in [0.15, 0.2) is 48.5 Å². The number of aldehydes is 1. The number of carboxylic acid groups (broad SMARTS) is 2. The second-order valence-electron chi connectivity index (χ2n) is 6.93. The number of aliphatic carboxylic acids is 2. The molecule has 11 heteroatoms. The third-order valence-electron chi connectivity index (χ3n) is 4.41. The molecule has 2 amide bonds. The molecule has 0 aliphatic heterocycles. The molecule has 2 aromatic carbocycles. The van der Waals surface area contributed by atoms with E-state index in [1.807, 2.05) is 0 Å². The fourth-order valence-electron chi connectivity index (χ4n) is 2.70. The fraction of sp³-hybridized carbons (Fsp3) is 0.227. The summed E-state index contributed by atoms with van der Waals surface area (Å²) < 4.78 is 18.1. The largest absolute Gasteiger partial charge is 0.481 e. The summed E-state index contributed by atoms with van der Waals surface area (Å²) in [6, 6.07) is 7.32. The van der Waals surface area contributed by atoms with Crippen molar-refractivity contribution in [3.8, 4) is 5.75 Å². The second kappa shape index (κ2) is 11.9. The minimum absolute atomic E-state index is 0.115. The Morgan fingerprint density at radius 3 is 2.15 bits per heavy atom. The Bertz CT molecular complexity index is 1010. The zero-order valence-corrected chi connectivity index (χ0v) is 17.2. The molecule has 0 aromatic heterocycles. The Morgan fingerprint density at radius 1 is 0.970 bits per heavy atom. The summed E-state index contributed by atoms with van der Waals surface area (Å²) in [5, 5.41) is 22.5. The number of carbonyl (C=O) groups is 5. The first kappa shape index (κ1) is 25.0.